The molecule has 1 atom stereocenters. The quantitative estimate of drug-likeness (QED) is 0.152. The van der Waals surface area contributed by atoms with Crippen LogP contribution < -0.4 is 14.8 Å². The summed E-state index contributed by atoms with van der Waals surface area (Å²) in [5, 5.41) is 5.04. The van der Waals surface area contributed by atoms with Crippen LogP contribution in [0.1, 0.15) is 43.7 Å². The van der Waals surface area contributed by atoms with Crippen molar-refractivity contribution >= 4 is 46.5 Å². The standard InChI is InChI=1S/C27H40ClN3O4SSi/c1-7-37(8-2,9-3)35-27(21-10-13-24(28)26(16-21)31-36(6,32)33)18-29-14-15-34-22-11-12-23-19(4)20(5)30-25(23)17-22/h10-13,16-17,27,29-31H,7-9,14-15,18H2,1-6H3. The van der Waals surface area contributed by atoms with Crippen molar-refractivity contribution in [3.05, 3.63) is 58.2 Å². The van der Waals surface area contributed by atoms with Crippen LogP contribution in [0.5, 0.6) is 5.75 Å². The molecule has 0 saturated carbocycles. The van der Waals surface area contributed by atoms with Gasteiger partial charge in [-0.25, -0.2) is 8.42 Å². The van der Waals surface area contributed by atoms with Crippen molar-refractivity contribution in [1.29, 1.82) is 0 Å². The summed E-state index contributed by atoms with van der Waals surface area (Å²) in [6.07, 6.45) is 0.884. The first-order chi connectivity index (χ1) is 17.5. The van der Waals surface area contributed by atoms with E-state index >= 15 is 0 Å². The number of sulfonamides is 1. The summed E-state index contributed by atoms with van der Waals surface area (Å²) in [6, 6.07) is 14.6. The Morgan fingerprint density at radius 1 is 1.05 bits per heavy atom. The first-order valence-corrected chi connectivity index (χ1v) is 17.7. The van der Waals surface area contributed by atoms with Crippen molar-refractivity contribution in [3.8, 4) is 5.75 Å². The lowest BCUT2D eigenvalue weighted by Crippen LogP contribution is -2.40. The van der Waals surface area contributed by atoms with Crippen molar-refractivity contribution in [3.63, 3.8) is 0 Å². The molecule has 204 valence electrons. The van der Waals surface area contributed by atoms with Gasteiger partial charge >= 0.3 is 0 Å². The van der Waals surface area contributed by atoms with E-state index in [-0.39, 0.29) is 6.10 Å². The molecule has 0 spiro atoms. The monoisotopic (exact) mass is 565 g/mol. The van der Waals surface area contributed by atoms with Gasteiger partial charge in [-0.1, -0.05) is 38.4 Å². The largest absolute Gasteiger partial charge is 0.492 e. The van der Waals surface area contributed by atoms with Gasteiger partial charge in [0.2, 0.25) is 10.0 Å². The van der Waals surface area contributed by atoms with Gasteiger partial charge in [-0.05, 0) is 67.4 Å². The molecule has 0 radical (unpaired) electrons. The lowest BCUT2D eigenvalue weighted by Gasteiger charge is -2.34. The molecule has 1 heterocycles. The van der Waals surface area contributed by atoms with Crippen LogP contribution in [0, 0.1) is 13.8 Å². The fourth-order valence-corrected chi connectivity index (χ4v) is 8.18. The number of aromatic amines is 1. The zero-order valence-corrected chi connectivity index (χ0v) is 25.3. The average molecular weight is 566 g/mol. The third kappa shape index (κ3) is 7.74. The maximum atomic E-state index is 11.8. The van der Waals surface area contributed by atoms with Crippen LogP contribution in [0.15, 0.2) is 36.4 Å². The predicted octanol–water partition coefficient (Wildman–Crippen LogP) is 6.54. The molecular formula is C27H40ClN3O4SSi. The number of aromatic nitrogens is 1. The molecule has 0 aliphatic heterocycles. The van der Waals surface area contributed by atoms with Gasteiger partial charge in [0.1, 0.15) is 12.4 Å². The number of anilines is 1. The Labute approximate surface area is 227 Å². The fourth-order valence-electron chi connectivity index (χ4n) is 4.57. The number of rotatable bonds is 14. The summed E-state index contributed by atoms with van der Waals surface area (Å²) in [7, 11) is -5.40. The van der Waals surface area contributed by atoms with E-state index in [1.807, 2.05) is 18.2 Å². The van der Waals surface area contributed by atoms with E-state index in [9.17, 15) is 8.42 Å². The minimum Gasteiger partial charge on any atom is -0.492 e. The molecule has 0 fully saturated rings. The normalized spacial score (nSPS) is 13.2. The number of benzene rings is 2. The Morgan fingerprint density at radius 2 is 1.76 bits per heavy atom. The highest BCUT2D eigenvalue weighted by Crippen LogP contribution is 2.33. The third-order valence-corrected chi connectivity index (χ3v) is 12.7. The Hall–Kier alpha value is -2.04. The molecule has 0 saturated heterocycles. The molecule has 0 aliphatic rings. The average Bonchev–Trinajstić information content (AvgIpc) is 3.14. The zero-order chi connectivity index (χ0) is 27.2. The highest BCUT2D eigenvalue weighted by atomic mass is 35.5. The Balaban J connectivity index is 1.69. The van der Waals surface area contributed by atoms with Crippen LogP contribution >= 0.6 is 11.6 Å². The van der Waals surface area contributed by atoms with Gasteiger partial charge in [-0.2, -0.15) is 0 Å². The summed E-state index contributed by atoms with van der Waals surface area (Å²) in [4.78, 5) is 3.40. The van der Waals surface area contributed by atoms with Crippen LogP contribution in [0.3, 0.4) is 0 Å². The molecule has 7 nitrogen and oxygen atoms in total. The molecule has 0 amide bonds. The summed E-state index contributed by atoms with van der Waals surface area (Å²) < 4.78 is 39.0. The molecular weight excluding hydrogens is 526 g/mol. The molecule has 3 rings (SSSR count). The second-order valence-corrected chi connectivity index (χ2v) is 16.5. The van der Waals surface area contributed by atoms with Crippen molar-refractivity contribution in [2.24, 2.45) is 0 Å². The Morgan fingerprint density at radius 3 is 2.41 bits per heavy atom. The van der Waals surface area contributed by atoms with E-state index in [1.54, 1.807) is 12.1 Å². The van der Waals surface area contributed by atoms with Crippen LogP contribution in [-0.2, 0) is 14.4 Å². The molecule has 2 aromatic carbocycles. The number of hydrogen-bond acceptors (Lipinski definition) is 5. The lowest BCUT2D eigenvalue weighted by atomic mass is 10.1. The summed E-state index contributed by atoms with van der Waals surface area (Å²) in [5.74, 6) is 0.826. The predicted molar refractivity (Wildman–Crippen MR) is 157 cm³/mol. The summed E-state index contributed by atoms with van der Waals surface area (Å²) >= 11 is 6.28. The van der Waals surface area contributed by atoms with Gasteiger partial charge in [0.15, 0.2) is 8.32 Å². The Bertz CT molecular complexity index is 1300. The second-order valence-electron chi connectivity index (χ2n) is 9.60. The zero-order valence-electron chi connectivity index (χ0n) is 22.7. The third-order valence-electron chi connectivity index (χ3n) is 7.14. The minimum atomic E-state index is -3.46. The van der Waals surface area contributed by atoms with Gasteiger partial charge in [0, 0.05) is 35.8 Å². The van der Waals surface area contributed by atoms with Crippen LogP contribution in [-0.4, -0.2) is 47.7 Å². The molecule has 3 aromatic rings. The number of hydrogen-bond donors (Lipinski definition) is 3. The molecule has 3 N–H and O–H groups in total. The number of ether oxygens (including phenoxy) is 1. The molecule has 1 aromatic heterocycles. The molecule has 0 bridgehead atoms. The van der Waals surface area contributed by atoms with Crippen molar-refractivity contribution in [1.82, 2.24) is 10.3 Å². The summed E-state index contributed by atoms with van der Waals surface area (Å²) in [5.41, 5.74) is 4.76. The maximum Gasteiger partial charge on any atom is 0.229 e. The first kappa shape index (κ1) is 29.5. The number of nitrogens with one attached hydrogen (secondary N) is 3. The topological polar surface area (TPSA) is 92.4 Å². The van der Waals surface area contributed by atoms with Crippen molar-refractivity contribution < 1.29 is 17.6 Å². The SMILES string of the molecule is CC[Si](CC)(CC)OC(CNCCOc1ccc2c(C)c(C)[nH]c2c1)c1ccc(Cl)c(NS(C)(=O)=O)c1. The van der Waals surface area contributed by atoms with Crippen LogP contribution in [0.4, 0.5) is 5.69 Å². The highest BCUT2D eigenvalue weighted by molar-refractivity contribution is 7.92. The maximum absolute atomic E-state index is 11.8. The number of fused-ring (bicyclic) bond motifs is 1. The smallest absolute Gasteiger partial charge is 0.229 e. The van der Waals surface area contributed by atoms with Crippen LogP contribution in [0.25, 0.3) is 10.9 Å². The van der Waals surface area contributed by atoms with E-state index in [2.05, 4.69) is 55.7 Å². The van der Waals surface area contributed by atoms with E-state index in [0.29, 0.717) is 30.4 Å². The first-order valence-electron chi connectivity index (χ1n) is 12.9. The summed E-state index contributed by atoms with van der Waals surface area (Å²) in [6.45, 7) is 12.5. The number of H-pyrrole nitrogens is 1. The van der Waals surface area contributed by atoms with Crippen molar-refractivity contribution in [2.45, 2.75) is 58.9 Å². The van der Waals surface area contributed by atoms with E-state index in [1.165, 1.54) is 16.6 Å². The molecule has 0 aliphatic carbocycles. The van der Waals surface area contributed by atoms with Gasteiger partial charge in [-0.15, -0.1) is 0 Å². The second kappa shape index (κ2) is 12.7. The lowest BCUT2D eigenvalue weighted by molar-refractivity contribution is 0.183. The van der Waals surface area contributed by atoms with E-state index in [4.69, 9.17) is 20.8 Å². The van der Waals surface area contributed by atoms with Crippen LogP contribution in [0.2, 0.25) is 23.2 Å². The van der Waals surface area contributed by atoms with Crippen molar-refractivity contribution in [2.75, 3.05) is 30.7 Å². The van der Waals surface area contributed by atoms with Gasteiger partial charge in [0.25, 0.3) is 0 Å². The molecule has 10 heteroatoms. The van der Waals surface area contributed by atoms with Gasteiger partial charge in [0.05, 0.1) is 23.1 Å². The fraction of sp³-hybridized carbons (Fsp3) is 0.481. The number of aryl methyl sites for hydroxylation is 2. The van der Waals surface area contributed by atoms with Gasteiger partial charge in [-0.3, -0.25) is 4.72 Å². The highest BCUT2D eigenvalue weighted by Gasteiger charge is 2.32. The van der Waals surface area contributed by atoms with E-state index in [0.717, 1.165) is 41.2 Å². The molecule has 37 heavy (non-hydrogen) atoms. The van der Waals surface area contributed by atoms with E-state index < -0.39 is 18.3 Å². The minimum absolute atomic E-state index is 0.231. The van der Waals surface area contributed by atoms with Gasteiger partial charge < -0.3 is 19.5 Å². The molecule has 1 unspecified atom stereocenters. The Kier molecular flexibility index (Phi) is 10.1. The number of halogens is 1.